The van der Waals surface area contributed by atoms with Crippen LogP contribution in [0, 0.1) is 18.8 Å². The minimum atomic E-state index is 0.736. The highest BCUT2D eigenvalue weighted by molar-refractivity contribution is 5.38. The number of nitrogens with zero attached hydrogens (tertiary/aromatic N) is 5. The van der Waals surface area contributed by atoms with E-state index >= 15 is 0 Å². The van der Waals surface area contributed by atoms with E-state index in [1.54, 1.807) is 0 Å². The molecule has 4 heterocycles. The first-order chi connectivity index (χ1) is 10.8. The molecule has 0 saturated carbocycles. The second-order valence-corrected chi connectivity index (χ2v) is 6.56. The van der Waals surface area contributed by atoms with Crippen molar-refractivity contribution in [3.05, 3.63) is 35.8 Å². The van der Waals surface area contributed by atoms with E-state index in [1.165, 1.54) is 25.2 Å². The first-order valence-electron chi connectivity index (χ1n) is 8.04. The molecule has 2 fully saturated rings. The van der Waals surface area contributed by atoms with Crippen LogP contribution in [-0.4, -0.2) is 51.5 Å². The number of rotatable bonds is 3. The minimum absolute atomic E-state index is 0.736. The van der Waals surface area contributed by atoms with Crippen LogP contribution in [0.1, 0.15) is 17.8 Å². The Morgan fingerprint density at radius 3 is 2.82 bits per heavy atom. The summed E-state index contributed by atoms with van der Waals surface area (Å²) in [6.45, 7) is 7.53. The van der Waals surface area contributed by atoms with Crippen LogP contribution in [0.2, 0.25) is 0 Å². The maximum atomic E-state index is 4.35. The van der Waals surface area contributed by atoms with Gasteiger partial charge in [0.25, 0.3) is 0 Å². The second-order valence-electron chi connectivity index (χ2n) is 6.56. The van der Waals surface area contributed by atoms with Crippen LogP contribution in [-0.2, 0) is 6.54 Å². The average Bonchev–Trinajstić information content (AvgIpc) is 3.16. The fourth-order valence-electron chi connectivity index (χ4n) is 3.78. The summed E-state index contributed by atoms with van der Waals surface area (Å²) in [5, 5.41) is 15.6. The molecule has 1 N–H and O–H groups in total. The van der Waals surface area contributed by atoms with Crippen molar-refractivity contribution in [3.63, 3.8) is 0 Å². The van der Waals surface area contributed by atoms with Gasteiger partial charge < -0.3 is 4.90 Å². The number of H-pyrrole nitrogens is 1. The number of fused-ring (bicyclic) bond motifs is 1. The monoisotopic (exact) mass is 298 g/mol. The van der Waals surface area contributed by atoms with Crippen molar-refractivity contribution in [2.24, 2.45) is 11.8 Å². The van der Waals surface area contributed by atoms with Crippen molar-refractivity contribution in [2.45, 2.75) is 19.9 Å². The van der Waals surface area contributed by atoms with Crippen molar-refractivity contribution in [3.8, 4) is 0 Å². The third-order valence-corrected chi connectivity index (χ3v) is 4.94. The molecule has 2 atom stereocenters. The van der Waals surface area contributed by atoms with Crippen LogP contribution in [0.15, 0.2) is 24.4 Å². The number of hydrogen-bond acceptors (Lipinski definition) is 5. The van der Waals surface area contributed by atoms with Crippen molar-refractivity contribution in [1.82, 2.24) is 25.3 Å². The Morgan fingerprint density at radius 2 is 2.05 bits per heavy atom. The van der Waals surface area contributed by atoms with E-state index in [-0.39, 0.29) is 0 Å². The first-order valence-corrected chi connectivity index (χ1v) is 8.04. The van der Waals surface area contributed by atoms with E-state index in [2.05, 4.69) is 42.3 Å². The Morgan fingerprint density at radius 1 is 1.14 bits per heavy atom. The zero-order valence-corrected chi connectivity index (χ0v) is 12.9. The van der Waals surface area contributed by atoms with Gasteiger partial charge in [-0.1, -0.05) is 0 Å². The fourth-order valence-corrected chi connectivity index (χ4v) is 3.78. The molecule has 22 heavy (non-hydrogen) atoms. The van der Waals surface area contributed by atoms with Gasteiger partial charge in [-0.05, 0) is 43.4 Å². The number of aromatic amines is 1. The summed E-state index contributed by atoms with van der Waals surface area (Å²) in [6.07, 6.45) is 3.08. The summed E-state index contributed by atoms with van der Waals surface area (Å²) in [5.41, 5.74) is 2.19. The summed E-state index contributed by atoms with van der Waals surface area (Å²) in [4.78, 5) is 4.94. The van der Waals surface area contributed by atoms with Crippen LogP contribution in [0.4, 0.5) is 5.82 Å². The van der Waals surface area contributed by atoms with E-state index in [0.717, 1.165) is 43.0 Å². The number of aryl methyl sites for hydroxylation is 1. The lowest BCUT2D eigenvalue weighted by Crippen LogP contribution is -2.40. The molecule has 2 aliphatic rings. The number of likely N-dealkylation sites (tertiary alicyclic amines) is 1. The Balaban J connectivity index is 1.40. The van der Waals surface area contributed by atoms with E-state index in [9.17, 15) is 0 Å². The van der Waals surface area contributed by atoms with Crippen molar-refractivity contribution in [2.75, 3.05) is 31.1 Å². The summed E-state index contributed by atoms with van der Waals surface area (Å²) < 4.78 is 0. The van der Waals surface area contributed by atoms with Gasteiger partial charge in [0.15, 0.2) is 5.82 Å². The molecule has 0 bridgehead atoms. The van der Waals surface area contributed by atoms with Gasteiger partial charge in [-0.2, -0.15) is 10.2 Å². The van der Waals surface area contributed by atoms with E-state index in [1.807, 2.05) is 19.2 Å². The molecule has 2 aromatic rings. The van der Waals surface area contributed by atoms with Crippen molar-refractivity contribution in [1.29, 1.82) is 0 Å². The number of aromatic nitrogens is 4. The molecule has 0 amide bonds. The van der Waals surface area contributed by atoms with Crippen molar-refractivity contribution < 1.29 is 0 Å². The van der Waals surface area contributed by atoms with Gasteiger partial charge in [0.05, 0.1) is 5.69 Å². The predicted octanol–water partition coefficient (Wildman–Crippen LogP) is 1.47. The van der Waals surface area contributed by atoms with Gasteiger partial charge in [-0.25, -0.2) is 0 Å². The second kappa shape index (κ2) is 5.68. The molecular weight excluding hydrogens is 276 g/mol. The zero-order valence-electron chi connectivity index (χ0n) is 12.9. The molecule has 2 aromatic heterocycles. The zero-order chi connectivity index (χ0) is 14.9. The molecule has 4 rings (SSSR count). The highest BCUT2D eigenvalue weighted by atomic mass is 15.3. The Hall–Kier alpha value is -1.95. The number of piperidine rings is 1. The van der Waals surface area contributed by atoms with Crippen LogP contribution >= 0.6 is 0 Å². The molecule has 0 radical (unpaired) electrons. The average molecular weight is 298 g/mol. The quantitative estimate of drug-likeness (QED) is 0.930. The molecule has 0 spiro atoms. The third-order valence-electron chi connectivity index (χ3n) is 4.94. The van der Waals surface area contributed by atoms with Gasteiger partial charge in [-0.15, -0.1) is 5.10 Å². The summed E-state index contributed by atoms with van der Waals surface area (Å²) in [7, 11) is 0. The van der Waals surface area contributed by atoms with E-state index in [4.69, 9.17) is 0 Å². The highest BCUT2D eigenvalue weighted by Crippen LogP contribution is 2.33. The molecule has 116 valence electrons. The Labute approximate surface area is 130 Å². The van der Waals surface area contributed by atoms with Crippen LogP contribution in [0.3, 0.4) is 0 Å². The van der Waals surface area contributed by atoms with Gasteiger partial charge in [0.2, 0.25) is 0 Å². The lowest BCUT2D eigenvalue weighted by Gasteiger charge is -2.34. The highest BCUT2D eigenvalue weighted by Gasteiger charge is 2.37. The largest absolute Gasteiger partial charge is 0.355 e. The molecule has 6 nitrogen and oxygen atoms in total. The van der Waals surface area contributed by atoms with Gasteiger partial charge >= 0.3 is 0 Å². The van der Waals surface area contributed by atoms with Crippen LogP contribution in [0.25, 0.3) is 0 Å². The number of nitrogens with one attached hydrogen (secondary N) is 1. The molecule has 0 unspecified atom stereocenters. The van der Waals surface area contributed by atoms with Gasteiger partial charge in [-0.3, -0.25) is 10.00 Å². The number of anilines is 1. The van der Waals surface area contributed by atoms with Crippen LogP contribution in [0.5, 0.6) is 0 Å². The van der Waals surface area contributed by atoms with Gasteiger partial charge in [0, 0.05) is 44.6 Å². The lowest BCUT2D eigenvalue weighted by atomic mass is 9.89. The molecule has 6 heteroatoms. The first kappa shape index (κ1) is 13.7. The Kier molecular flexibility index (Phi) is 3.54. The topological polar surface area (TPSA) is 60.9 Å². The minimum Gasteiger partial charge on any atom is -0.355 e. The Bertz CT molecular complexity index is 608. The summed E-state index contributed by atoms with van der Waals surface area (Å²) in [6, 6.07) is 6.21. The molecule has 2 aliphatic heterocycles. The lowest BCUT2D eigenvalue weighted by molar-refractivity contribution is 0.310. The molecule has 0 aliphatic carbocycles. The molecule has 0 aromatic carbocycles. The smallest absolute Gasteiger partial charge is 0.151 e. The SMILES string of the molecule is Cc1ccc(N2CC[C@@H]3CN(Cc4ccn[nH]4)C[C@@H]3C2)nn1. The standard InChI is InChI=1S/C16H22N6/c1-12-2-3-16(20-18-12)22-7-5-13-8-21(9-14(13)10-22)11-15-4-6-17-19-15/h2-4,6,13-14H,5,7-11H2,1H3,(H,17,19)/t13-,14-/m1/s1. The van der Waals surface area contributed by atoms with E-state index < -0.39 is 0 Å². The predicted molar refractivity (Wildman–Crippen MR) is 84.4 cm³/mol. The van der Waals surface area contributed by atoms with Gasteiger partial charge in [0.1, 0.15) is 0 Å². The summed E-state index contributed by atoms with van der Waals surface area (Å²) >= 11 is 0. The number of hydrogen-bond donors (Lipinski definition) is 1. The fraction of sp³-hybridized carbons (Fsp3) is 0.562. The maximum absolute atomic E-state index is 4.35. The maximum Gasteiger partial charge on any atom is 0.151 e. The summed E-state index contributed by atoms with van der Waals surface area (Å²) in [5.74, 6) is 2.58. The third kappa shape index (κ3) is 2.70. The molecular formula is C16H22N6. The normalized spacial score (nSPS) is 25.4. The van der Waals surface area contributed by atoms with Crippen molar-refractivity contribution >= 4 is 5.82 Å². The molecule has 2 saturated heterocycles. The van der Waals surface area contributed by atoms with E-state index in [0.29, 0.717) is 0 Å². The van der Waals surface area contributed by atoms with Crippen LogP contribution < -0.4 is 4.90 Å².